The van der Waals surface area contributed by atoms with Crippen molar-refractivity contribution < 1.29 is 4.39 Å². The van der Waals surface area contributed by atoms with E-state index in [1.165, 1.54) is 24.0 Å². The van der Waals surface area contributed by atoms with Crippen molar-refractivity contribution in [3.8, 4) is 0 Å². The summed E-state index contributed by atoms with van der Waals surface area (Å²) in [6, 6.07) is 4.95. The minimum Gasteiger partial charge on any atom is -0.375 e. The smallest absolute Gasteiger partial charge is 0.285 e. The van der Waals surface area contributed by atoms with Gasteiger partial charge in [0.25, 0.3) is 5.56 Å². The number of aromatic amines is 1. The van der Waals surface area contributed by atoms with E-state index in [-0.39, 0.29) is 16.9 Å². The fourth-order valence-corrected chi connectivity index (χ4v) is 3.49. The molecule has 0 fully saturated rings. The van der Waals surface area contributed by atoms with Crippen molar-refractivity contribution in [1.29, 1.82) is 0 Å². The average molecular weight is 312 g/mol. The third-order valence-corrected chi connectivity index (χ3v) is 4.69. The number of halogens is 2. The van der Waals surface area contributed by atoms with Crippen molar-refractivity contribution in [3.05, 3.63) is 51.2 Å². The van der Waals surface area contributed by atoms with Gasteiger partial charge in [0, 0.05) is 10.6 Å². The van der Waals surface area contributed by atoms with E-state index in [0.717, 1.165) is 17.7 Å². The number of benzene rings is 1. The second kappa shape index (κ2) is 5.46. The van der Waals surface area contributed by atoms with Crippen LogP contribution in [0.1, 0.15) is 18.0 Å². The summed E-state index contributed by atoms with van der Waals surface area (Å²) >= 11 is 7.45. The maximum Gasteiger partial charge on any atom is 0.285 e. The highest BCUT2D eigenvalue weighted by Crippen LogP contribution is 2.39. The molecule has 1 aromatic carbocycles. The Hall–Kier alpha value is -1.53. The van der Waals surface area contributed by atoms with Crippen molar-refractivity contribution >= 4 is 29.1 Å². The Morgan fingerprint density at radius 2 is 2.35 bits per heavy atom. The molecular weight excluding hydrogens is 301 g/mol. The summed E-state index contributed by atoms with van der Waals surface area (Å²) in [5.41, 5.74) is 0.904. The van der Waals surface area contributed by atoms with Crippen LogP contribution in [0.3, 0.4) is 0 Å². The van der Waals surface area contributed by atoms with Crippen molar-refractivity contribution in [2.75, 3.05) is 11.1 Å². The largest absolute Gasteiger partial charge is 0.375 e. The average Bonchev–Trinajstić information content (AvgIpc) is 2.45. The maximum absolute atomic E-state index is 13.8. The number of nitrogens with one attached hydrogen (secondary N) is 2. The van der Waals surface area contributed by atoms with E-state index in [0.29, 0.717) is 10.6 Å². The van der Waals surface area contributed by atoms with Gasteiger partial charge < -0.3 is 5.32 Å². The fraction of sp³-hybridized carbons (Fsp3) is 0.231. The van der Waals surface area contributed by atoms with Crippen LogP contribution in [-0.2, 0) is 0 Å². The molecule has 0 saturated carbocycles. The summed E-state index contributed by atoms with van der Waals surface area (Å²) in [5, 5.41) is 9.23. The van der Waals surface area contributed by atoms with Crippen LogP contribution >= 0.6 is 23.4 Å². The van der Waals surface area contributed by atoms with E-state index in [1.807, 2.05) is 6.07 Å². The Morgan fingerprint density at radius 1 is 1.50 bits per heavy atom. The van der Waals surface area contributed by atoms with Gasteiger partial charge in [-0.2, -0.15) is 5.10 Å². The zero-order valence-electron chi connectivity index (χ0n) is 10.3. The van der Waals surface area contributed by atoms with E-state index in [1.54, 1.807) is 6.07 Å². The lowest BCUT2D eigenvalue weighted by molar-refractivity contribution is 0.585. The molecule has 20 heavy (non-hydrogen) atoms. The van der Waals surface area contributed by atoms with Gasteiger partial charge in [0.2, 0.25) is 0 Å². The standard InChI is InChI=1S/C13H11ClFN3OS/c14-11-10(6-16-18-13(11)19)17-9-4-5-20-12-7(9)2-1-3-8(12)15/h1-3,6,9H,4-5H2,(H2,17,18,19)/t9-/m0/s1. The molecule has 2 aromatic rings. The number of fused-ring (bicyclic) bond motifs is 1. The number of rotatable bonds is 2. The first-order chi connectivity index (χ1) is 9.66. The monoisotopic (exact) mass is 311 g/mol. The van der Waals surface area contributed by atoms with Gasteiger partial charge in [-0.15, -0.1) is 11.8 Å². The lowest BCUT2D eigenvalue weighted by Crippen LogP contribution is -2.19. The van der Waals surface area contributed by atoms with Crippen LogP contribution in [0.2, 0.25) is 5.02 Å². The number of aromatic nitrogens is 2. The second-order valence-corrected chi connectivity index (χ2v) is 5.90. The van der Waals surface area contributed by atoms with Crippen LogP contribution < -0.4 is 10.9 Å². The third kappa shape index (κ3) is 2.41. The fourth-order valence-electron chi connectivity index (χ4n) is 2.21. The summed E-state index contributed by atoms with van der Waals surface area (Å²) in [4.78, 5) is 12.1. The Bertz CT molecular complexity index is 706. The molecule has 0 saturated heterocycles. The van der Waals surface area contributed by atoms with Gasteiger partial charge >= 0.3 is 0 Å². The van der Waals surface area contributed by atoms with Crippen molar-refractivity contribution in [1.82, 2.24) is 10.2 Å². The predicted molar refractivity (Wildman–Crippen MR) is 78.0 cm³/mol. The van der Waals surface area contributed by atoms with Crippen LogP contribution in [0, 0.1) is 5.82 Å². The molecule has 3 rings (SSSR count). The lowest BCUT2D eigenvalue weighted by atomic mass is 10.0. The molecule has 2 N–H and O–H groups in total. The SMILES string of the molecule is O=c1[nH]ncc(N[C@H]2CCSc3c(F)cccc32)c1Cl. The Balaban J connectivity index is 1.96. The van der Waals surface area contributed by atoms with Crippen LogP contribution in [0.4, 0.5) is 10.1 Å². The molecule has 0 radical (unpaired) electrons. The molecule has 0 aliphatic carbocycles. The second-order valence-electron chi connectivity index (χ2n) is 4.42. The molecule has 1 aliphatic heterocycles. The number of nitrogens with zero attached hydrogens (tertiary/aromatic N) is 1. The Kier molecular flexibility index (Phi) is 3.67. The molecule has 1 aromatic heterocycles. The van der Waals surface area contributed by atoms with Crippen LogP contribution in [0.5, 0.6) is 0 Å². The topological polar surface area (TPSA) is 57.8 Å². The summed E-state index contributed by atoms with van der Waals surface area (Å²) < 4.78 is 13.8. The highest BCUT2D eigenvalue weighted by atomic mass is 35.5. The van der Waals surface area contributed by atoms with E-state index in [2.05, 4.69) is 15.5 Å². The lowest BCUT2D eigenvalue weighted by Gasteiger charge is -2.27. The molecule has 0 spiro atoms. The Labute approximate surface area is 123 Å². The summed E-state index contributed by atoms with van der Waals surface area (Å²) in [6.45, 7) is 0. The molecule has 1 atom stereocenters. The third-order valence-electron chi connectivity index (χ3n) is 3.15. The highest BCUT2D eigenvalue weighted by Gasteiger charge is 2.23. The molecule has 7 heteroatoms. The van der Waals surface area contributed by atoms with Crippen molar-refractivity contribution in [3.63, 3.8) is 0 Å². The van der Waals surface area contributed by atoms with Gasteiger partial charge in [0.1, 0.15) is 10.8 Å². The Morgan fingerprint density at radius 3 is 3.20 bits per heavy atom. The quantitative estimate of drug-likeness (QED) is 0.894. The first-order valence-corrected chi connectivity index (χ1v) is 7.44. The van der Waals surface area contributed by atoms with E-state index in [4.69, 9.17) is 11.6 Å². The van der Waals surface area contributed by atoms with Gasteiger partial charge in [0.05, 0.1) is 17.9 Å². The zero-order valence-corrected chi connectivity index (χ0v) is 11.9. The minimum absolute atomic E-state index is 0.0659. The van der Waals surface area contributed by atoms with Crippen LogP contribution in [-0.4, -0.2) is 16.0 Å². The first-order valence-electron chi connectivity index (χ1n) is 6.07. The number of hydrogen-bond donors (Lipinski definition) is 2. The number of hydrogen-bond acceptors (Lipinski definition) is 4. The van der Waals surface area contributed by atoms with Crippen molar-refractivity contribution in [2.45, 2.75) is 17.4 Å². The molecule has 104 valence electrons. The predicted octanol–water partition coefficient (Wildman–Crippen LogP) is 3.21. The van der Waals surface area contributed by atoms with Crippen molar-refractivity contribution in [2.24, 2.45) is 0 Å². The molecular formula is C13H11ClFN3OS. The molecule has 1 aliphatic rings. The molecule has 4 nitrogen and oxygen atoms in total. The van der Waals surface area contributed by atoms with Crippen LogP contribution in [0.25, 0.3) is 0 Å². The number of anilines is 1. The molecule has 0 bridgehead atoms. The summed E-state index contributed by atoms with van der Waals surface area (Å²) in [5.74, 6) is 0.592. The maximum atomic E-state index is 13.8. The molecule has 0 amide bonds. The number of thioether (sulfide) groups is 1. The van der Waals surface area contributed by atoms with E-state index in [9.17, 15) is 9.18 Å². The van der Waals surface area contributed by atoms with Gasteiger partial charge in [-0.3, -0.25) is 4.79 Å². The van der Waals surface area contributed by atoms with Gasteiger partial charge in [-0.1, -0.05) is 23.7 Å². The van der Waals surface area contributed by atoms with Gasteiger partial charge in [0.15, 0.2) is 0 Å². The van der Waals surface area contributed by atoms with Gasteiger partial charge in [-0.25, -0.2) is 9.49 Å². The normalized spacial score (nSPS) is 17.6. The van der Waals surface area contributed by atoms with Crippen LogP contribution in [0.15, 0.2) is 34.1 Å². The zero-order chi connectivity index (χ0) is 14.1. The molecule has 2 heterocycles. The number of H-pyrrole nitrogens is 1. The highest BCUT2D eigenvalue weighted by molar-refractivity contribution is 7.99. The molecule has 0 unspecified atom stereocenters. The van der Waals surface area contributed by atoms with Gasteiger partial charge in [-0.05, 0) is 18.1 Å². The van der Waals surface area contributed by atoms with E-state index < -0.39 is 5.56 Å². The van der Waals surface area contributed by atoms with E-state index >= 15 is 0 Å². The summed E-state index contributed by atoms with van der Waals surface area (Å²) in [6.07, 6.45) is 2.29. The minimum atomic E-state index is -0.443. The summed E-state index contributed by atoms with van der Waals surface area (Å²) in [7, 11) is 0. The first kappa shape index (κ1) is 13.5.